The van der Waals surface area contributed by atoms with Gasteiger partial charge >= 0.3 is 0 Å². The summed E-state index contributed by atoms with van der Waals surface area (Å²) in [6, 6.07) is 3.87. The van der Waals surface area contributed by atoms with Crippen molar-refractivity contribution in [2.45, 2.75) is 0 Å². The van der Waals surface area contributed by atoms with Gasteiger partial charge in [0.15, 0.2) is 5.76 Å². The van der Waals surface area contributed by atoms with Crippen molar-refractivity contribution in [3.63, 3.8) is 0 Å². The Hall–Kier alpha value is -0.610. The molecule has 0 N–H and O–H groups in total. The van der Waals surface area contributed by atoms with Crippen LogP contribution in [0.15, 0.2) is 38.6 Å². The van der Waals surface area contributed by atoms with Gasteiger partial charge in [0.25, 0.3) is 0 Å². The number of fused-ring (bicyclic) bond motifs is 1. The van der Waals surface area contributed by atoms with Gasteiger partial charge in [0.1, 0.15) is 5.36 Å². The fourth-order valence-corrected chi connectivity index (χ4v) is 1.93. The summed E-state index contributed by atoms with van der Waals surface area (Å²) in [6.45, 7) is 3.68. The van der Waals surface area contributed by atoms with Crippen LogP contribution in [0.4, 0.5) is 0 Å². The summed E-state index contributed by atoms with van der Waals surface area (Å²) in [7, 11) is 0. The van der Waals surface area contributed by atoms with E-state index < -0.39 is 0 Å². The van der Waals surface area contributed by atoms with Crippen molar-refractivity contribution in [2.75, 3.05) is 0 Å². The molecule has 0 aromatic heterocycles. The number of benzene rings is 1. The molecule has 1 heterocycles. The van der Waals surface area contributed by atoms with Crippen LogP contribution in [0.25, 0.3) is 6.08 Å². The van der Waals surface area contributed by atoms with Gasteiger partial charge in [-0.25, -0.2) is 0 Å². The van der Waals surface area contributed by atoms with E-state index in [4.69, 9.17) is 4.84 Å². The Kier molecular flexibility index (Phi) is 2.26. The molecular formula is C9H5Br2NO. The third-order valence-corrected chi connectivity index (χ3v) is 3.01. The zero-order valence-corrected chi connectivity index (χ0v) is 9.72. The number of hydrogen-bond donors (Lipinski definition) is 0. The number of allylic oxidation sites excluding steroid dienone is 1. The predicted molar refractivity (Wildman–Crippen MR) is 57.3 cm³/mol. The molecule has 0 amide bonds. The first-order valence-corrected chi connectivity index (χ1v) is 5.17. The Morgan fingerprint density at radius 2 is 1.92 bits per heavy atom. The second-order valence-electron chi connectivity index (χ2n) is 2.58. The van der Waals surface area contributed by atoms with Gasteiger partial charge in [-0.3, -0.25) is 0 Å². The molecule has 0 atom stereocenters. The highest BCUT2D eigenvalue weighted by atomic mass is 79.9. The van der Waals surface area contributed by atoms with Gasteiger partial charge in [-0.1, -0.05) is 27.7 Å². The van der Waals surface area contributed by atoms with Crippen LogP contribution in [0, 0.1) is 0 Å². The van der Waals surface area contributed by atoms with Crippen molar-refractivity contribution in [3.8, 4) is 0 Å². The summed E-state index contributed by atoms with van der Waals surface area (Å²) in [4.78, 5) is 4.96. The number of halogens is 2. The van der Waals surface area contributed by atoms with Crippen LogP contribution in [0.3, 0.4) is 0 Å². The molecule has 0 spiro atoms. The average Bonchev–Trinajstić information content (AvgIpc) is 2.12. The molecule has 0 unspecified atom stereocenters. The molecule has 1 aromatic rings. The summed E-state index contributed by atoms with van der Waals surface area (Å²) < 4.78 is 1.90. The summed E-state index contributed by atoms with van der Waals surface area (Å²) in [5.74, 6) is 0.548. The van der Waals surface area contributed by atoms with Crippen molar-refractivity contribution < 1.29 is 4.84 Å². The fourth-order valence-electron chi connectivity index (χ4n) is 1.08. The second-order valence-corrected chi connectivity index (χ2v) is 4.29. The zero-order chi connectivity index (χ0) is 9.42. The Balaban J connectivity index is 2.93. The van der Waals surface area contributed by atoms with Crippen molar-refractivity contribution >= 4 is 37.9 Å². The van der Waals surface area contributed by atoms with E-state index in [1.54, 1.807) is 0 Å². The van der Waals surface area contributed by atoms with E-state index in [1.165, 1.54) is 0 Å². The van der Waals surface area contributed by atoms with Crippen LogP contribution in [0.1, 0.15) is 0 Å². The molecule has 2 nitrogen and oxygen atoms in total. The quantitative estimate of drug-likeness (QED) is 0.719. The summed E-state index contributed by atoms with van der Waals surface area (Å²) >= 11 is 6.83. The minimum Gasteiger partial charge on any atom is -0.357 e. The molecular weight excluding hydrogens is 298 g/mol. The zero-order valence-electron chi connectivity index (χ0n) is 6.55. The van der Waals surface area contributed by atoms with Gasteiger partial charge in [0.05, 0.1) is 0 Å². The lowest BCUT2D eigenvalue weighted by atomic mass is 10.2. The summed E-state index contributed by atoms with van der Waals surface area (Å²) in [5, 5.41) is 5.71. The van der Waals surface area contributed by atoms with E-state index in [0.29, 0.717) is 5.76 Å². The van der Waals surface area contributed by atoms with Crippen molar-refractivity contribution in [1.29, 1.82) is 0 Å². The number of nitrogens with zero attached hydrogens (tertiary/aromatic N) is 1. The lowest BCUT2D eigenvalue weighted by Gasteiger charge is -2.05. The van der Waals surface area contributed by atoms with E-state index in [1.807, 2.05) is 18.2 Å². The van der Waals surface area contributed by atoms with E-state index in [9.17, 15) is 0 Å². The molecule has 0 radical (unpaired) electrons. The van der Waals surface area contributed by atoms with Gasteiger partial charge in [-0.15, -0.1) is 0 Å². The first-order chi connectivity index (χ1) is 6.18. The Labute approximate surface area is 91.8 Å². The molecule has 0 aliphatic carbocycles. The second kappa shape index (κ2) is 3.27. The maximum absolute atomic E-state index is 4.96. The third-order valence-electron chi connectivity index (χ3n) is 1.67. The monoisotopic (exact) mass is 301 g/mol. The maximum Gasteiger partial charge on any atom is 0.151 e. The van der Waals surface area contributed by atoms with E-state index in [0.717, 1.165) is 19.5 Å². The van der Waals surface area contributed by atoms with Crippen molar-refractivity contribution in [2.24, 2.45) is 5.16 Å². The van der Waals surface area contributed by atoms with Crippen LogP contribution in [-0.2, 0) is 4.84 Å². The van der Waals surface area contributed by atoms with Gasteiger partial charge in [0.2, 0.25) is 0 Å². The lowest BCUT2D eigenvalue weighted by molar-refractivity contribution is 0.229. The average molecular weight is 303 g/mol. The number of rotatable bonds is 0. The van der Waals surface area contributed by atoms with Gasteiger partial charge in [0, 0.05) is 14.2 Å². The topological polar surface area (TPSA) is 21.6 Å². The van der Waals surface area contributed by atoms with E-state index in [2.05, 4.69) is 43.6 Å². The molecule has 1 aliphatic heterocycles. The van der Waals surface area contributed by atoms with Gasteiger partial charge in [-0.2, -0.15) is 0 Å². The maximum atomic E-state index is 4.96. The minimum absolute atomic E-state index is 0.548. The molecule has 2 rings (SSSR count). The lowest BCUT2D eigenvalue weighted by Crippen LogP contribution is -2.30. The predicted octanol–water partition coefficient (Wildman–Crippen LogP) is 2.07. The molecule has 0 saturated carbocycles. The Morgan fingerprint density at radius 1 is 1.23 bits per heavy atom. The molecule has 4 heteroatoms. The highest BCUT2D eigenvalue weighted by molar-refractivity contribution is 9.11. The molecule has 0 bridgehead atoms. The van der Waals surface area contributed by atoms with Crippen molar-refractivity contribution in [1.82, 2.24) is 0 Å². The molecule has 0 saturated heterocycles. The molecule has 66 valence electrons. The van der Waals surface area contributed by atoms with Crippen LogP contribution in [0.5, 0.6) is 0 Å². The Morgan fingerprint density at radius 3 is 2.69 bits per heavy atom. The first-order valence-electron chi connectivity index (χ1n) is 3.58. The standard InChI is InChI=1S/C9H5Br2NO/c1-5-4-6-7(10)2-3-8(11)9(6)12-13-5/h2-4H,1H2. The Bertz CT molecular complexity index is 493. The highest BCUT2D eigenvalue weighted by Crippen LogP contribution is 2.09. The van der Waals surface area contributed by atoms with Crippen molar-refractivity contribution in [3.05, 3.63) is 44.0 Å². The largest absolute Gasteiger partial charge is 0.357 e. The first kappa shape index (κ1) is 8.97. The summed E-state index contributed by atoms with van der Waals surface area (Å²) in [5.41, 5.74) is 0. The van der Waals surface area contributed by atoms with E-state index >= 15 is 0 Å². The van der Waals surface area contributed by atoms with Gasteiger partial charge < -0.3 is 4.84 Å². The molecule has 1 aliphatic rings. The van der Waals surface area contributed by atoms with Crippen LogP contribution in [-0.4, -0.2) is 0 Å². The minimum atomic E-state index is 0.548. The van der Waals surface area contributed by atoms with Crippen LogP contribution >= 0.6 is 31.9 Å². The smallest absolute Gasteiger partial charge is 0.151 e. The molecule has 1 aromatic carbocycles. The highest BCUT2D eigenvalue weighted by Gasteiger charge is 2.05. The molecule has 13 heavy (non-hydrogen) atoms. The fraction of sp³-hybridized carbons (Fsp3) is 0. The van der Waals surface area contributed by atoms with Crippen LogP contribution < -0.4 is 10.6 Å². The molecule has 0 fully saturated rings. The SMILES string of the molecule is C=C1C=c2c(Br)ccc(Br)c2=NO1. The van der Waals surface area contributed by atoms with Crippen LogP contribution in [0.2, 0.25) is 0 Å². The summed E-state index contributed by atoms with van der Waals surface area (Å²) in [6.07, 6.45) is 1.84. The number of hydrogen-bond acceptors (Lipinski definition) is 2. The van der Waals surface area contributed by atoms with Gasteiger partial charge in [-0.05, 0) is 34.1 Å². The van der Waals surface area contributed by atoms with E-state index in [-0.39, 0.29) is 0 Å². The normalized spacial score (nSPS) is 13.8. The third kappa shape index (κ3) is 1.56.